The minimum atomic E-state index is -0.480. The minimum Gasteiger partial charge on any atom is -0.349 e. The zero-order valence-electron chi connectivity index (χ0n) is 18.4. The molecule has 166 valence electrons. The van der Waals surface area contributed by atoms with Crippen LogP contribution in [-0.4, -0.2) is 45.6 Å². The van der Waals surface area contributed by atoms with Crippen LogP contribution in [0.25, 0.3) is 5.69 Å². The fourth-order valence-electron chi connectivity index (χ4n) is 4.81. The molecule has 2 heterocycles. The van der Waals surface area contributed by atoms with Crippen molar-refractivity contribution in [1.82, 2.24) is 20.0 Å². The number of rotatable bonds is 4. The number of benzene rings is 1. The Labute approximate surface area is 182 Å². The molecule has 0 bridgehead atoms. The Morgan fingerprint density at radius 2 is 1.74 bits per heavy atom. The second-order valence-electron chi connectivity index (χ2n) is 8.91. The van der Waals surface area contributed by atoms with E-state index in [1.54, 1.807) is 16.8 Å². The summed E-state index contributed by atoms with van der Waals surface area (Å²) in [6.45, 7) is 5.07. The third-order valence-electron chi connectivity index (χ3n) is 6.54. The molecule has 1 saturated heterocycles. The third-order valence-corrected chi connectivity index (χ3v) is 6.54. The molecule has 1 N–H and O–H groups in total. The number of piperidine rings is 1. The van der Waals surface area contributed by atoms with E-state index in [1.807, 2.05) is 24.8 Å². The Morgan fingerprint density at radius 1 is 1.03 bits per heavy atom. The highest BCUT2D eigenvalue weighted by Gasteiger charge is 2.29. The first-order valence-electron chi connectivity index (χ1n) is 11.3. The van der Waals surface area contributed by atoms with Crippen molar-refractivity contribution in [2.24, 2.45) is 5.92 Å². The summed E-state index contributed by atoms with van der Waals surface area (Å²) in [5.41, 5.74) is 2.27. The lowest BCUT2D eigenvalue weighted by molar-refractivity contribution is -0.137. The summed E-state index contributed by atoms with van der Waals surface area (Å²) >= 11 is 0. The molecule has 6 nitrogen and oxygen atoms in total. The highest BCUT2D eigenvalue weighted by molar-refractivity contribution is 5.94. The van der Waals surface area contributed by atoms with Gasteiger partial charge in [0.2, 0.25) is 5.91 Å². The molecule has 0 radical (unpaired) electrons. The Bertz CT molecular complexity index is 956. The lowest BCUT2D eigenvalue weighted by Gasteiger charge is -2.35. The molecule has 0 unspecified atom stereocenters. The van der Waals surface area contributed by atoms with Gasteiger partial charge in [0, 0.05) is 36.3 Å². The molecule has 1 aliphatic heterocycles. The molecule has 7 heteroatoms. The van der Waals surface area contributed by atoms with Gasteiger partial charge in [0.25, 0.3) is 5.91 Å². The van der Waals surface area contributed by atoms with E-state index in [9.17, 15) is 14.0 Å². The largest absolute Gasteiger partial charge is 0.349 e. The Balaban J connectivity index is 1.33. The van der Waals surface area contributed by atoms with Crippen LogP contribution in [0.1, 0.15) is 66.7 Å². The maximum atomic E-state index is 14.7. The molecule has 1 aromatic heterocycles. The Kier molecular flexibility index (Phi) is 6.39. The van der Waals surface area contributed by atoms with Gasteiger partial charge in [0.1, 0.15) is 11.5 Å². The van der Waals surface area contributed by atoms with Gasteiger partial charge in [-0.25, -0.2) is 9.07 Å². The van der Waals surface area contributed by atoms with Crippen LogP contribution >= 0.6 is 0 Å². The fourth-order valence-corrected chi connectivity index (χ4v) is 4.81. The van der Waals surface area contributed by atoms with Crippen molar-refractivity contribution in [2.45, 2.75) is 64.8 Å². The number of amides is 2. The lowest BCUT2D eigenvalue weighted by Crippen LogP contribution is -2.48. The van der Waals surface area contributed by atoms with Crippen LogP contribution in [0.2, 0.25) is 0 Å². The van der Waals surface area contributed by atoms with Gasteiger partial charge in [-0.2, -0.15) is 5.10 Å². The molecule has 2 aliphatic rings. The summed E-state index contributed by atoms with van der Waals surface area (Å²) in [5.74, 6) is -0.294. The molecule has 0 atom stereocenters. The molecule has 4 rings (SSSR count). The molecule has 1 aliphatic carbocycles. The SMILES string of the molecule is Cc1cc(C)n(-c2ccc(C(=O)NC3CCN(C(=O)C4CCCCC4)CC3)cc2F)n1. The number of halogens is 1. The normalized spacial score (nSPS) is 18.2. The average Bonchev–Trinajstić information content (AvgIpc) is 3.11. The second-order valence-corrected chi connectivity index (χ2v) is 8.91. The summed E-state index contributed by atoms with van der Waals surface area (Å²) in [5, 5.41) is 7.32. The van der Waals surface area contributed by atoms with Crippen LogP contribution in [0.5, 0.6) is 0 Å². The lowest BCUT2D eigenvalue weighted by atomic mass is 9.87. The molecule has 1 saturated carbocycles. The van der Waals surface area contributed by atoms with Crippen LogP contribution < -0.4 is 5.32 Å². The Hall–Kier alpha value is -2.70. The van der Waals surface area contributed by atoms with E-state index in [4.69, 9.17) is 0 Å². The molecule has 2 fully saturated rings. The number of carbonyl (C=O) groups excluding carboxylic acids is 2. The van der Waals surface area contributed by atoms with Gasteiger partial charge in [0.05, 0.1) is 5.69 Å². The van der Waals surface area contributed by atoms with Gasteiger partial charge < -0.3 is 10.2 Å². The minimum absolute atomic E-state index is 0.00153. The average molecular weight is 427 g/mol. The van der Waals surface area contributed by atoms with Gasteiger partial charge >= 0.3 is 0 Å². The van der Waals surface area contributed by atoms with Crippen molar-refractivity contribution in [3.8, 4) is 5.69 Å². The first-order chi connectivity index (χ1) is 14.9. The topological polar surface area (TPSA) is 67.2 Å². The number of aryl methyl sites for hydroxylation is 2. The summed E-state index contributed by atoms with van der Waals surface area (Å²) in [6, 6.07) is 6.37. The van der Waals surface area contributed by atoms with Crippen LogP contribution in [0.15, 0.2) is 24.3 Å². The standard InChI is InChI=1S/C24H31FN4O2/c1-16-14-17(2)29(27-16)22-9-8-19(15-21(22)25)23(30)26-20-10-12-28(13-11-20)24(31)18-6-4-3-5-7-18/h8-9,14-15,18,20H,3-7,10-13H2,1-2H3,(H,26,30). The summed E-state index contributed by atoms with van der Waals surface area (Å²) in [6.07, 6.45) is 7.02. The van der Waals surface area contributed by atoms with E-state index in [-0.39, 0.29) is 23.8 Å². The van der Waals surface area contributed by atoms with Gasteiger partial charge in [-0.15, -0.1) is 0 Å². The summed E-state index contributed by atoms with van der Waals surface area (Å²) in [7, 11) is 0. The van der Waals surface area contributed by atoms with Crippen LogP contribution in [0, 0.1) is 25.6 Å². The van der Waals surface area contributed by atoms with E-state index in [0.717, 1.165) is 49.9 Å². The molecular formula is C24H31FN4O2. The van der Waals surface area contributed by atoms with Gasteiger partial charge in [-0.05, 0) is 63.8 Å². The van der Waals surface area contributed by atoms with Gasteiger partial charge in [0.15, 0.2) is 0 Å². The smallest absolute Gasteiger partial charge is 0.251 e. The van der Waals surface area contributed by atoms with Crippen molar-refractivity contribution < 1.29 is 14.0 Å². The number of hydrogen-bond donors (Lipinski definition) is 1. The predicted molar refractivity (Wildman–Crippen MR) is 117 cm³/mol. The van der Waals surface area contributed by atoms with Crippen molar-refractivity contribution in [3.05, 3.63) is 47.0 Å². The quantitative estimate of drug-likeness (QED) is 0.806. The van der Waals surface area contributed by atoms with E-state index >= 15 is 0 Å². The molecule has 1 aromatic carbocycles. The number of likely N-dealkylation sites (tertiary alicyclic amines) is 1. The van der Waals surface area contributed by atoms with E-state index in [2.05, 4.69) is 10.4 Å². The summed E-state index contributed by atoms with van der Waals surface area (Å²) < 4.78 is 16.2. The molecular weight excluding hydrogens is 395 g/mol. The Morgan fingerprint density at radius 3 is 2.35 bits per heavy atom. The number of nitrogens with one attached hydrogen (secondary N) is 1. The fraction of sp³-hybridized carbons (Fsp3) is 0.542. The number of aromatic nitrogens is 2. The highest BCUT2D eigenvalue weighted by atomic mass is 19.1. The maximum Gasteiger partial charge on any atom is 0.251 e. The van der Waals surface area contributed by atoms with Gasteiger partial charge in [-0.1, -0.05) is 19.3 Å². The highest BCUT2D eigenvalue weighted by Crippen LogP contribution is 2.26. The van der Waals surface area contributed by atoms with Crippen LogP contribution in [0.4, 0.5) is 4.39 Å². The number of nitrogens with zero attached hydrogens (tertiary/aromatic N) is 3. The maximum absolute atomic E-state index is 14.7. The molecule has 2 amide bonds. The predicted octanol–water partition coefficient (Wildman–Crippen LogP) is 3.93. The third kappa shape index (κ3) is 4.81. The van der Waals surface area contributed by atoms with Crippen molar-refractivity contribution in [2.75, 3.05) is 13.1 Å². The van der Waals surface area contributed by atoms with Gasteiger partial charge in [-0.3, -0.25) is 9.59 Å². The molecule has 0 spiro atoms. The van der Waals surface area contributed by atoms with Crippen LogP contribution in [-0.2, 0) is 4.79 Å². The monoisotopic (exact) mass is 426 g/mol. The van der Waals surface area contributed by atoms with E-state index in [1.165, 1.54) is 12.5 Å². The van der Waals surface area contributed by atoms with Crippen molar-refractivity contribution in [1.29, 1.82) is 0 Å². The van der Waals surface area contributed by atoms with Crippen molar-refractivity contribution in [3.63, 3.8) is 0 Å². The number of hydrogen-bond acceptors (Lipinski definition) is 3. The molecule has 31 heavy (non-hydrogen) atoms. The molecule has 2 aromatic rings. The first kappa shape index (κ1) is 21.5. The second kappa shape index (κ2) is 9.20. The van der Waals surface area contributed by atoms with E-state index < -0.39 is 5.82 Å². The van der Waals surface area contributed by atoms with E-state index in [0.29, 0.717) is 24.3 Å². The summed E-state index contributed by atoms with van der Waals surface area (Å²) in [4.78, 5) is 27.3. The zero-order chi connectivity index (χ0) is 22.0. The zero-order valence-corrected chi connectivity index (χ0v) is 18.4. The number of carbonyl (C=O) groups is 2. The van der Waals surface area contributed by atoms with Crippen LogP contribution in [0.3, 0.4) is 0 Å². The first-order valence-corrected chi connectivity index (χ1v) is 11.3. The van der Waals surface area contributed by atoms with Crippen molar-refractivity contribution >= 4 is 11.8 Å².